The van der Waals surface area contributed by atoms with E-state index in [2.05, 4.69) is 15.7 Å². The number of benzene rings is 2. The van der Waals surface area contributed by atoms with Crippen LogP contribution in [0.2, 0.25) is 0 Å². The Morgan fingerprint density at radius 2 is 1.75 bits per heavy atom. The van der Waals surface area contributed by atoms with Crippen molar-refractivity contribution in [3.8, 4) is 0 Å². The molecule has 0 spiro atoms. The Kier molecular flexibility index (Phi) is 6.11. The molecule has 7 nitrogen and oxygen atoms in total. The van der Waals surface area contributed by atoms with Crippen molar-refractivity contribution in [3.63, 3.8) is 0 Å². The van der Waals surface area contributed by atoms with Gasteiger partial charge in [0.2, 0.25) is 0 Å². The Morgan fingerprint density at radius 1 is 1.09 bits per heavy atom. The fourth-order valence-electron chi connectivity index (χ4n) is 2.87. The molecular weight excluding hydrogens is 432 g/mol. The van der Waals surface area contributed by atoms with Crippen molar-refractivity contribution in [3.05, 3.63) is 70.0 Å². The van der Waals surface area contributed by atoms with Crippen molar-refractivity contribution >= 4 is 22.7 Å². The van der Waals surface area contributed by atoms with Gasteiger partial charge in [0.15, 0.2) is 5.82 Å². The van der Waals surface area contributed by atoms with Gasteiger partial charge in [-0.05, 0) is 57.2 Å². The Balaban J connectivity index is 2.10. The summed E-state index contributed by atoms with van der Waals surface area (Å²) in [6, 6.07) is 8.01. The van der Waals surface area contributed by atoms with Crippen LogP contribution in [0.5, 0.6) is 0 Å². The summed E-state index contributed by atoms with van der Waals surface area (Å²) in [5.74, 6) is -0.622. The van der Waals surface area contributed by atoms with Crippen LogP contribution >= 0.6 is 0 Å². The molecule has 3 aromatic rings. The topological polar surface area (TPSA) is 85.2 Å². The molecule has 0 atom stereocenters. The first-order valence-corrected chi connectivity index (χ1v) is 9.46. The summed E-state index contributed by atoms with van der Waals surface area (Å²) < 4.78 is 59.6. The average molecular weight is 452 g/mol. The average Bonchev–Trinajstić information content (AvgIpc) is 2.68. The number of rotatable bonds is 4. The van der Waals surface area contributed by atoms with Crippen molar-refractivity contribution in [1.29, 1.82) is 0 Å². The van der Waals surface area contributed by atoms with Crippen LogP contribution in [0.1, 0.15) is 32.2 Å². The highest BCUT2D eigenvalue weighted by Crippen LogP contribution is 2.32. The lowest BCUT2D eigenvalue weighted by Gasteiger charge is -2.21. The fourth-order valence-corrected chi connectivity index (χ4v) is 2.87. The van der Waals surface area contributed by atoms with Crippen LogP contribution in [-0.4, -0.2) is 21.4 Å². The van der Waals surface area contributed by atoms with Crippen LogP contribution < -0.4 is 16.3 Å². The highest BCUT2D eigenvalue weighted by atomic mass is 19.4. The number of halogens is 4. The molecule has 11 heteroatoms. The molecule has 3 rings (SSSR count). The largest absolute Gasteiger partial charge is 0.444 e. The molecule has 2 aromatic carbocycles. The zero-order chi connectivity index (χ0) is 23.7. The second-order valence-corrected chi connectivity index (χ2v) is 7.84. The van der Waals surface area contributed by atoms with Crippen LogP contribution in [0.4, 0.5) is 28.0 Å². The second kappa shape index (κ2) is 8.48. The number of amides is 1. The Morgan fingerprint density at radius 3 is 2.34 bits per heavy atom. The number of hydrogen-bond acceptors (Lipinski definition) is 5. The summed E-state index contributed by atoms with van der Waals surface area (Å²) >= 11 is 0. The molecule has 0 saturated heterocycles. The van der Waals surface area contributed by atoms with Gasteiger partial charge in [0.25, 0.3) is 5.56 Å². The summed E-state index contributed by atoms with van der Waals surface area (Å²) in [6.45, 7) is 4.65. The van der Waals surface area contributed by atoms with Crippen molar-refractivity contribution < 1.29 is 27.1 Å². The van der Waals surface area contributed by atoms with Crippen molar-refractivity contribution in [2.75, 3.05) is 5.43 Å². The maximum atomic E-state index is 13.5. The molecule has 0 bridgehead atoms. The van der Waals surface area contributed by atoms with Crippen molar-refractivity contribution in [1.82, 2.24) is 15.0 Å². The van der Waals surface area contributed by atoms with Gasteiger partial charge in [-0.15, -0.1) is 0 Å². The first-order chi connectivity index (χ1) is 14.8. The standard InChI is InChI=1S/C21H20F4N4O3/c1-20(2,3)32-19(31)26-11-16-27-15-6-4-5-14(21(23,24)25)17(15)18(30)29(16)28-13-9-7-12(22)8-10-13/h4-10,28H,11H2,1-3H3,(H,26,31). The van der Waals surface area contributed by atoms with E-state index in [1.165, 1.54) is 18.2 Å². The summed E-state index contributed by atoms with van der Waals surface area (Å²) in [4.78, 5) is 29.3. The molecule has 1 amide bonds. The molecule has 170 valence electrons. The van der Waals surface area contributed by atoms with E-state index < -0.39 is 40.2 Å². The molecule has 32 heavy (non-hydrogen) atoms. The lowest BCUT2D eigenvalue weighted by atomic mass is 10.1. The normalized spacial score (nSPS) is 12.0. The van der Waals surface area contributed by atoms with Gasteiger partial charge in [0.1, 0.15) is 11.4 Å². The lowest BCUT2D eigenvalue weighted by molar-refractivity contribution is -0.136. The van der Waals surface area contributed by atoms with Gasteiger partial charge in [-0.2, -0.15) is 13.2 Å². The minimum atomic E-state index is -4.79. The number of carbonyl (C=O) groups excluding carboxylic acids is 1. The van der Waals surface area contributed by atoms with Gasteiger partial charge in [-0.25, -0.2) is 18.8 Å². The van der Waals surface area contributed by atoms with Gasteiger partial charge in [-0.3, -0.25) is 10.2 Å². The number of hydrogen-bond donors (Lipinski definition) is 2. The maximum Gasteiger partial charge on any atom is 0.417 e. The quantitative estimate of drug-likeness (QED) is 0.572. The number of anilines is 1. The predicted octanol–water partition coefficient (Wildman–Crippen LogP) is 4.45. The number of fused-ring (bicyclic) bond motifs is 1. The van der Waals surface area contributed by atoms with E-state index in [4.69, 9.17) is 4.74 Å². The third kappa shape index (κ3) is 5.34. The maximum absolute atomic E-state index is 13.5. The van der Waals surface area contributed by atoms with Crippen molar-refractivity contribution in [2.24, 2.45) is 0 Å². The summed E-state index contributed by atoms with van der Waals surface area (Å²) in [7, 11) is 0. The van der Waals surface area contributed by atoms with Gasteiger partial charge < -0.3 is 10.1 Å². The molecule has 0 aliphatic heterocycles. The van der Waals surface area contributed by atoms with Crippen LogP contribution in [0.15, 0.2) is 47.3 Å². The second-order valence-electron chi connectivity index (χ2n) is 7.84. The number of nitrogens with one attached hydrogen (secondary N) is 2. The summed E-state index contributed by atoms with van der Waals surface area (Å²) in [6.07, 6.45) is -5.59. The number of alkyl carbamates (subject to hydrolysis) is 1. The van der Waals surface area contributed by atoms with Crippen molar-refractivity contribution in [2.45, 2.75) is 39.1 Å². The first-order valence-electron chi connectivity index (χ1n) is 9.46. The zero-order valence-electron chi connectivity index (χ0n) is 17.4. The van der Waals surface area contributed by atoms with E-state index in [1.54, 1.807) is 20.8 Å². The first kappa shape index (κ1) is 23.0. The van der Waals surface area contributed by atoms with Crippen LogP contribution in [0.3, 0.4) is 0 Å². The highest BCUT2D eigenvalue weighted by molar-refractivity contribution is 5.82. The molecule has 0 unspecified atom stereocenters. The van der Waals surface area contributed by atoms with E-state index in [1.807, 2.05) is 0 Å². The third-order valence-electron chi connectivity index (χ3n) is 4.15. The zero-order valence-corrected chi connectivity index (χ0v) is 17.4. The molecule has 0 aliphatic carbocycles. The summed E-state index contributed by atoms with van der Waals surface area (Å²) in [5.41, 5.74) is -0.307. The number of alkyl halides is 3. The molecule has 0 fully saturated rings. The molecule has 0 saturated carbocycles. The van der Waals surface area contributed by atoms with Crippen LogP contribution in [-0.2, 0) is 17.5 Å². The highest BCUT2D eigenvalue weighted by Gasteiger charge is 2.34. The SMILES string of the molecule is CC(C)(C)OC(=O)NCc1nc2cccc(C(F)(F)F)c2c(=O)n1Nc1ccc(F)cc1. The van der Waals surface area contributed by atoms with Gasteiger partial charge in [0, 0.05) is 0 Å². The van der Waals surface area contributed by atoms with E-state index in [0.717, 1.165) is 28.9 Å². The predicted molar refractivity (Wildman–Crippen MR) is 109 cm³/mol. The molecule has 0 radical (unpaired) electrons. The molecule has 0 aliphatic rings. The van der Waals surface area contributed by atoms with Crippen LogP contribution in [0.25, 0.3) is 10.9 Å². The van der Waals surface area contributed by atoms with Gasteiger partial charge >= 0.3 is 12.3 Å². The number of aromatic nitrogens is 2. The minimum Gasteiger partial charge on any atom is -0.444 e. The summed E-state index contributed by atoms with van der Waals surface area (Å²) in [5, 5.41) is 1.78. The van der Waals surface area contributed by atoms with Gasteiger partial charge in [0.05, 0.1) is 28.7 Å². The fraction of sp³-hybridized carbons (Fsp3) is 0.286. The van der Waals surface area contributed by atoms with E-state index in [-0.39, 0.29) is 23.6 Å². The lowest BCUT2D eigenvalue weighted by Crippen LogP contribution is -2.37. The smallest absolute Gasteiger partial charge is 0.417 e. The van der Waals surface area contributed by atoms with E-state index >= 15 is 0 Å². The van der Waals surface area contributed by atoms with Crippen LogP contribution in [0, 0.1) is 5.82 Å². The molecule has 2 N–H and O–H groups in total. The minimum absolute atomic E-state index is 0.0861. The molecule has 1 aromatic heterocycles. The van der Waals surface area contributed by atoms with Gasteiger partial charge in [-0.1, -0.05) is 6.07 Å². The number of nitrogens with zero attached hydrogens (tertiary/aromatic N) is 2. The Bertz CT molecular complexity index is 1200. The number of carbonyl (C=O) groups is 1. The third-order valence-corrected chi connectivity index (χ3v) is 4.15. The molecular formula is C21H20F4N4O3. The van der Waals surface area contributed by atoms with E-state index in [0.29, 0.717) is 0 Å². The Labute approximate surface area is 180 Å². The van der Waals surface area contributed by atoms with E-state index in [9.17, 15) is 27.2 Å². The monoisotopic (exact) mass is 452 g/mol. The molecule has 1 heterocycles. The Hall–Kier alpha value is -3.63. The number of ether oxygens (including phenoxy) is 1.